The van der Waals surface area contributed by atoms with Gasteiger partial charge in [0.25, 0.3) is 0 Å². The summed E-state index contributed by atoms with van der Waals surface area (Å²) in [6.45, 7) is 2.09. The van der Waals surface area contributed by atoms with Gasteiger partial charge in [0, 0.05) is 17.6 Å². The van der Waals surface area contributed by atoms with Crippen molar-refractivity contribution in [3.05, 3.63) is 52.5 Å². The number of carbonyl (C=O) groups is 2. The quantitative estimate of drug-likeness (QED) is 0.713. The summed E-state index contributed by atoms with van der Waals surface area (Å²) in [6.07, 6.45) is 0.544. The van der Waals surface area contributed by atoms with Crippen LogP contribution in [0.4, 0.5) is 5.69 Å². The van der Waals surface area contributed by atoms with E-state index >= 15 is 0 Å². The van der Waals surface area contributed by atoms with E-state index in [1.165, 1.54) is 7.11 Å². The van der Waals surface area contributed by atoms with Crippen molar-refractivity contribution in [2.75, 3.05) is 19.0 Å². The third-order valence-corrected chi connectivity index (χ3v) is 3.98. The largest absolute Gasteiger partial charge is 0.508 e. The maximum absolute atomic E-state index is 12.0. The SMILES string of the molecule is COc1cc(Cl)c(C)cc1NC(=O)C(=O)NCCc1ccc(O)cc1. The molecule has 2 amide bonds. The molecule has 0 spiro atoms. The van der Waals surface area contributed by atoms with Gasteiger partial charge in [0.2, 0.25) is 0 Å². The minimum Gasteiger partial charge on any atom is -0.508 e. The van der Waals surface area contributed by atoms with Crippen LogP contribution in [0, 0.1) is 6.92 Å². The molecule has 2 aromatic rings. The van der Waals surface area contributed by atoms with E-state index in [1.54, 1.807) is 43.3 Å². The number of phenols is 1. The Labute approximate surface area is 150 Å². The van der Waals surface area contributed by atoms with E-state index in [-0.39, 0.29) is 5.75 Å². The number of aryl methyl sites for hydroxylation is 1. The predicted molar refractivity (Wildman–Crippen MR) is 96.2 cm³/mol. The van der Waals surface area contributed by atoms with Gasteiger partial charge in [-0.25, -0.2) is 0 Å². The lowest BCUT2D eigenvalue weighted by molar-refractivity contribution is -0.136. The molecule has 0 fully saturated rings. The van der Waals surface area contributed by atoms with Gasteiger partial charge in [-0.1, -0.05) is 23.7 Å². The minimum absolute atomic E-state index is 0.180. The van der Waals surface area contributed by atoms with Crippen molar-refractivity contribution in [2.24, 2.45) is 0 Å². The lowest BCUT2D eigenvalue weighted by Gasteiger charge is -2.12. The number of hydrogen-bond donors (Lipinski definition) is 3. The van der Waals surface area contributed by atoms with Crippen LogP contribution < -0.4 is 15.4 Å². The van der Waals surface area contributed by atoms with Gasteiger partial charge in [0.05, 0.1) is 12.8 Å². The number of ether oxygens (including phenoxy) is 1. The van der Waals surface area contributed by atoms with Crippen LogP contribution >= 0.6 is 11.6 Å². The summed E-state index contributed by atoms with van der Waals surface area (Å²) < 4.78 is 5.16. The monoisotopic (exact) mass is 362 g/mol. The standard InChI is InChI=1S/C18H19ClN2O4/c1-11-9-15(16(25-2)10-14(11)19)21-18(24)17(23)20-8-7-12-3-5-13(22)6-4-12/h3-6,9-10,22H,7-8H2,1-2H3,(H,20,23)(H,21,24). The molecule has 3 N–H and O–H groups in total. The Kier molecular flexibility index (Phi) is 6.25. The van der Waals surface area contributed by atoms with E-state index in [2.05, 4.69) is 10.6 Å². The molecule has 0 aliphatic heterocycles. The second-order valence-corrected chi connectivity index (χ2v) is 5.84. The van der Waals surface area contributed by atoms with Crippen LogP contribution in [0.25, 0.3) is 0 Å². The highest BCUT2D eigenvalue weighted by atomic mass is 35.5. The summed E-state index contributed by atoms with van der Waals surface area (Å²) in [6, 6.07) is 9.86. The zero-order valence-electron chi connectivity index (χ0n) is 13.9. The smallest absolute Gasteiger partial charge is 0.313 e. The van der Waals surface area contributed by atoms with E-state index in [0.717, 1.165) is 11.1 Å². The molecule has 0 saturated carbocycles. The van der Waals surface area contributed by atoms with E-state index in [0.29, 0.717) is 29.4 Å². The van der Waals surface area contributed by atoms with Crippen molar-refractivity contribution in [2.45, 2.75) is 13.3 Å². The van der Waals surface area contributed by atoms with Crippen molar-refractivity contribution >= 4 is 29.1 Å². The molecule has 7 heteroatoms. The van der Waals surface area contributed by atoms with Crippen molar-refractivity contribution in [3.8, 4) is 11.5 Å². The lowest BCUT2D eigenvalue weighted by atomic mass is 10.1. The molecule has 0 aromatic heterocycles. The molecule has 25 heavy (non-hydrogen) atoms. The third kappa shape index (κ3) is 5.12. The molecule has 2 aromatic carbocycles. The third-order valence-electron chi connectivity index (χ3n) is 3.57. The Balaban J connectivity index is 1.91. The number of halogens is 1. The van der Waals surface area contributed by atoms with Crippen LogP contribution in [-0.2, 0) is 16.0 Å². The first-order valence-corrected chi connectivity index (χ1v) is 7.99. The fourth-order valence-electron chi connectivity index (χ4n) is 2.17. The molecule has 132 valence electrons. The van der Waals surface area contributed by atoms with Crippen LogP contribution in [0.2, 0.25) is 5.02 Å². The number of benzene rings is 2. The zero-order chi connectivity index (χ0) is 18.4. The number of hydrogen-bond acceptors (Lipinski definition) is 4. The summed E-state index contributed by atoms with van der Waals surface area (Å²) in [5, 5.41) is 14.8. The zero-order valence-corrected chi connectivity index (χ0v) is 14.7. The van der Waals surface area contributed by atoms with Gasteiger partial charge < -0.3 is 20.5 Å². The summed E-state index contributed by atoms with van der Waals surface area (Å²) in [7, 11) is 1.45. The van der Waals surface area contributed by atoms with Gasteiger partial charge in [0.1, 0.15) is 11.5 Å². The average molecular weight is 363 g/mol. The Morgan fingerprint density at radius 2 is 1.84 bits per heavy atom. The van der Waals surface area contributed by atoms with Gasteiger partial charge in [-0.05, 0) is 42.7 Å². The number of carbonyl (C=O) groups excluding carboxylic acids is 2. The molecule has 0 heterocycles. The highest BCUT2D eigenvalue weighted by Gasteiger charge is 2.16. The number of rotatable bonds is 5. The Bertz CT molecular complexity index is 775. The van der Waals surface area contributed by atoms with E-state index < -0.39 is 11.8 Å². The number of nitrogens with one attached hydrogen (secondary N) is 2. The summed E-state index contributed by atoms with van der Waals surface area (Å²) >= 11 is 6.01. The maximum atomic E-state index is 12.0. The molecule has 0 unspecified atom stereocenters. The van der Waals surface area contributed by atoms with Gasteiger partial charge in [-0.3, -0.25) is 9.59 Å². The topological polar surface area (TPSA) is 87.7 Å². The highest BCUT2D eigenvalue weighted by Crippen LogP contribution is 2.30. The fourth-order valence-corrected chi connectivity index (χ4v) is 2.33. The number of aromatic hydroxyl groups is 1. The second kappa shape index (κ2) is 8.39. The number of phenolic OH excluding ortho intramolecular Hbond substituents is 1. The summed E-state index contributed by atoms with van der Waals surface area (Å²) in [4.78, 5) is 23.9. The van der Waals surface area contributed by atoms with Gasteiger partial charge >= 0.3 is 11.8 Å². The molecular formula is C18H19ClN2O4. The van der Waals surface area contributed by atoms with E-state index in [1.807, 2.05) is 0 Å². The fraction of sp³-hybridized carbons (Fsp3) is 0.222. The minimum atomic E-state index is -0.786. The number of methoxy groups -OCH3 is 1. The van der Waals surface area contributed by atoms with Crippen molar-refractivity contribution < 1.29 is 19.4 Å². The molecule has 2 rings (SSSR count). The molecule has 0 aliphatic rings. The van der Waals surface area contributed by atoms with Crippen LogP contribution in [0.3, 0.4) is 0 Å². The molecule has 0 radical (unpaired) electrons. The molecule has 0 saturated heterocycles. The first kappa shape index (κ1) is 18.6. The van der Waals surface area contributed by atoms with Gasteiger partial charge in [0.15, 0.2) is 0 Å². The Morgan fingerprint density at radius 1 is 1.16 bits per heavy atom. The van der Waals surface area contributed by atoms with Gasteiger partial charge in [-0.2, -0.15) is 0 Å². The van der Waals surface area contributed by atoms with Crippen molar-refractivity contribution in [3.63, 3.8) is 0 Å². The first-order chi connectivity index (χ1) is 11.9. The Morgan fingerprint density at radius 3 is 2.48 bits per heavy atom. The lowest BCUT2D eigenvalue weighted by Crippen LogP contribution is -2.36. The van der Waals surface area contributed by atoms with Crippen molar-refractivity contribution in [1.29, 1.82) is 0 Å². The first-order valence-electron chi connectivity index (χ1n) is 7.62. The normalized spacial score (nSPS) is 10.2. The molecular weight excluding hydrogens is 344 g/mol. The number of anilines is 1. The summed E-state index contributed by atoms with van der Waals surface area (Å²) in [5.41, 5.74) is 2.07. The predicted octanol–water partition coefficient (Wildman–Crippen LogP) is 2.66. The van der Waals surface area contributed by atoms with E-state index in [4.69, 9.17) is 16.3 Å². The average Bonchev–Trinajstić information content (AvgIpc) is 2.59. The molecule has 0 aliphatic carbocycles. The molecule has 0 bridgehead atoms. The van der Waals surface area contributed by atoms with Crippen LogP contribution in [-0.4, -0.2) is 30.6 Å². The second-order valence-electron chi connectivity index (χ2n) is 5.43. The Hall–Kier alpha value is -2.73. The van der Waals surface area contributed by atoms with Crippen LogP contribution in [0.5, 0.6) is 11.5 Å². The maximum Gasteiger partial charge on any atom is 0.313 e. The molecule has 0 atom stereocenters. The number of amides is 2. The van der Waals surface area contributed by atoms with Crippen LogP contribution in [0.15, 0.2) is 36.4 Å². The van der Waals surface area contributed by atoms with Gasteiger partial charge in [-0.15, -0.1) is 0 Å². The highest BCUT2D eigenvalue weighted by molar-refractivity contribution is 6.40. The summed E-state index contributed by atoms with van der Waals surface area (Å²) in [5.74, 6) is -0.973. The van der Waals surface area contributed by atoms with Crippen molar-refractivity contribution in [1.82, 2.24) is 5.32 Å². The molecule has 6 nitrogen and oxygen atoms in total. The van der Waals surface area contributed by atoms with E-state index in [9.17, 15) is 14.7 Å². The van der Waals surface area contributed by atoms with Crippen LogP contribution in [0.1, 0.15) is 11.1 Å².